The lowest BCUT2D eigenvalue weighted by Gasteiger charge is -2.37. The lowest BCUT2D eigenvalue weighted by atomic mass is 9.93. The van der Waals surface area contributed by atoms with E-state index in [2.05, 4.69) is 4.99 Å². The van der Waals surface area contributed by atoms with Crippen molar-refractivity contribution in [3.8, 4) is 6.19 Å². The first-order valence-electron chi connectivity index (χ1n) is 8.64. The molecule has 9 nitrogen and oxygen atoms in total. The predicted octanol–water partition coefficient (Wildman–Crippen LogP) is 1.17. The van der Waals surface area contributed by atoms with Gasteiger partial charge in [-0.15, -0.1) is 4.99 Å². The molecule has 0 aliphatic carbocycles. The van der Waals surface area contributed by atoms with Crippen LogP contribution in [-0.2, 0) is 9.53 Å². The van der Waals surface area contributed by atoms with Crippen LogP contribution >= 0.6 is 0 Å². The first kappa shape index (κ1) is 19.8. The van der Waals surface area contributed by atoms with Crippen molar-refractivity contribution in [3.05, 3.63) is 0 Å². The molecule has 0 aromatic carbocycles. The van der Waals surface area contributed by atoms with Crippen LogP contribution in [0.1, 0.15) is 34.6 Å². The summed E-state index contributed by atoms with van der Waals surface area (Å²) in [5.74, 6) is -0.426. The second-order valence-corrected chi connectivity index (χ2v) is 8.35. The fourth-order valence-electron chi connectivity index (χ4n) is 3.14. The summed E-state index contributed by atoms with van der Waals surface area (Å²) in [5.41, 5.74) is -1.54. The van der Waals surface area contributed by atoms with E-state index in [0.717, 1.165) is 0 Å². The number of carbonyl (C=O) groups is 2. The molecule has 144 valence electrons. The summed E-state index contributed by atoms with van der Waals surface area (Å²) in [4.78, 5) is 33.1. The van der Waals surface area contributed by atoms with Crippen molar-refractivity contribution >= 4 is 18.0 Å². The van der Waals surface area contributed by atoms with Crippen LogP contribution in [0.2, 0.25) is 0 Å². The average molecular weight is 365 g/mol. The molecule has 1 unspecified atom stereocenters. The van der Waals surface area contributed by atoms with Crippen LogP contribution in [0.4, 0.5) is 4.79 Å². The molecule has 2 rings (SSSR count). The molecule has 0 spiro atoms. The molecular formula is C17H27N5O4. The summed E-state index contributed by atoms with van der Waals surface area (Å²) in [6, 6.07) is -0.0482. The summed E-state index contributed by atoms with van der Waals surface area (Å²) in [5, 5.41) is 18.4. The van der Waals surface area contributed by atoms with Crippen molar-refractivity contribution in [2.24, 2.45) is 10.4 Å². The Balaban J connectivity index is 2.13. The minimum absolute atomic E-state index is 0.0482. The maximum Gasteiger partial charge on any atom is 0.410 e. The van der Waals surface area contributed by atoms with E-state index in [0.29, 0.717) is 32.1 Å². The Bertz CT molecular complexity index is 647. The number of carboxylic acids is 1. The fraction of sp³-hybridized carbons (Fsp3) is 0.765. The van der Waals surface area contributed by atoms with E-state index in [1.165, 1.54) is 0 Å². The van der Waals surface area contributed by atoms with Crippen LogP contribution in [0.3, 0.4) is 0 Å². The molecule has 2 aliphatic rings. The highest BCUT2D eigenvalue weighted by Crippen LogP contribution is 2.26. The summed E-state index contributed by atoms with van der Waals surface area (Å²) >= 11 is 0. The van der Waals surface area contributed by atoms with Gasteiger partial charge in [0.2, 0.25) is 12.2 Å². The summed E-state index contributed by atoms with van der Waals surface area (Å²) in [6.07, 6.45) is 1.44. The molecule has 0 saturated carbocycles. The molecule has 0 bridgehead atoms. The number of piperazine rings is 1. The van der Waals surface area contributed by atoms with Crippen LogP contribution in [0.25, 0.3) is 0 Å². The maximum absolute atomic E-state index is 12.3. The predicted molar refractivity (Wildman–Crippen MR) is 94.3 cm³/mol. The molecule has 1 N–H and O–H groups in total. The molecule has 2 saturated heterocycles. The number of guanidine groups is 1. The van der Waals surface area contributed by atoms with Crippen molar-refractivity contribution in [2.45, 2.75) is 46.3 Å². The second-order valence-electron chi connectivity index (χ2n) is 8.35. The molecule has 9 heteroatoms. The number of fused-ring (bicyclic) bond motifs is 1. The molecular weight excluding hydrogens is 338 g/mol. The van der Waals surface area contributed by atoms with E-state index in [4.69, 9.17) is 10.00 Å². The van der Waals surface area contributed by atoms with Crippen molar-refractivity contribution < 1.29 is 19.4 Å². The molecule has 0 aromatic rings. The zero-order valence-corrected chi connectivity index (χ0v) is 16.0. The van der Waals surface area contributed by atoms with Crippen molar-refractivity contribution in [1.29, 1.82) is 5.26 Å². The van der Waals surface area contributed by atoms with Gasteiger partial charge in [-0.25, -0.2) is 4.79 Å². The van der Waals surface area contributed by atoms with Gasteiger partial charge in [0.15, 0.2) is 0 Å². The standard InChI is InChI=1S/C17H27N5O4/c1-16(2,3)26-15(25)20-6-7-22-12(8-20)9-21(14(22)19-11-18)10-17(4,5)13(23)24/h12H,6-10H2,1-5H3,(H,23,24). The first-order valence-corrected chi connectivity index (χ1v) is 8.64. The molecule has 0 radical (unpaired) electrons. The fourth-order valence-corrected chi connectivity index (χ4v) is 3.14. The molecule has 2 fully saturated rings. The Morgan fingerprint density at radius 2 is 1.92 bits per heavy atom. The van der Waals surface area contributed by atoms with E-state index < -0.39 is 17.0 Å². The third-order valence-electron chi connectivity index (χ3n) is 4.42. The number of amides is 1. The van der Waals surface area contributed by atoms with Gasteiger partial charge in [-0.1, -0.05) is 0 Å². The van der Waals surface area contributed by atoms with Crippen LogP contribution in [-0.4, -0.2) is 82.2 Å². The SMILES string of the molecule is CC(C)(C)OC(=O)N1CCN2C(=NC#N)N(CC(C)(C)C(=O)O)CC2C1. The van der Waals surface area contributed by atoms with Gasteiger partial charge in [0, 0.05) is 32.7 Å². The molecule has 1 amide bonds. The highest BCUT2D eigenvalue weighted by molar-refractivity contribution is 5.85. The van der Waals surface area contributed by atoms with Crippen LogP contribution in [0, 0.1) is 16.9 Å². The average Bonchev–Trinajstić information content (AvgIpc) is 2.82. The number of hydrogen-bond acceptors (Lipinski definition) is 5. The number of aliphatic imine (C=N–C) groups is 1. The molecule has 0 aromatic heterocycles. The maximum atomic E-state index is 12.3. The highest BCUT2D eigenvalue weighted by atomic mass is 16.6. The largest absolute Gasteiger partial charge is 0.481 e. The summed E-state index contributed by atoms with van der Waals surface area (Å²) in [6.45, 7) is 10.9. The number of hydrogen-bond donors (Lipinski definition) is 1. The third-order valence-corrected chi connectivity index (χ3v) is 4.42. The molecule has 26 heavy (non-hydrogen) atoms. The van der Waals surface area contributed by atoms with Gasteiger partial charge in [0.05, 0.1) is 11.5 Å². The Kier molecular flexibility index (Phi) is 5.35. The molecule has 2 heterocycles. The number of carboxylic acid groups (broad SMARTS) is 1. The summed E-state index contributed by atoms with van der Waals surface area (Å²) in [7, 11) is 0. The Hall–Kier alpha value is -2.50. The first-order chi connectivity index (χ1) is 11.9. The monoisotopic (exact) mass is 365 g/mol. The number of nitriles is 1. The van der Waals surface area contributed by atoms with Crippen molar-refractivity contribution in [1.82, 2.24) is 14.7 Å². The lowest BCUT2D eigenvalue weighted by molar-refractivity contribution is -0.147. The minimum atomic E-state index is -0.976. The minimum Gasteiger partial charge on any atom is -0.481 e. The topological polar surface area (TPSA) is 109 Å². The Labute approximate surface area is 153 Å². The van der Waals surface area contributed by atoms with E-state index in [1.54, 1.807) is 24.9 Å². The number of nitrogens with zero attached hydrogens (tertiary/aromatic N) is 5. The number of carbonyl (C=O) groups excluding carboxylic acids is 1. The van der Waals surface area contributed by atoms with Gasteiger partial charge in [0.25, 0.3) is 0 Å². The van der Waals surface area contributed by atoms with Gasteiger partial charge < -0.3 is 24.5 Å². The Morgan fingerprint density at radius 3 is 2.46 bits per heavy atom. The number of rotatable bonds is 3. The normalized spacial score (nSPS) is 22.2. The van der Waals surface area contributed by atoms with Crippen LogP contribution in [0.15, 0.2) is 4.99 Å². The van der Waals surface area contributed by atoms with Crippen molar-refractivity contribution in [3.63, 3.8) is 0 Å². The van der Waals surface area contributed by atoms with E-state index >= 15 is 0 Å². The van der Waals surface area contributed by atoms with E-state index in [1.807, 2.05) is 30.6 Å². The van der Waals surface area contributed by atoms with Gasteiger partial charge in [0.1, 0.15) is 5.60 Å². The van der Waals surface area contributed by atoms with Gasteiger partial charge >= 0.3 is 12.1 Å². The highest BCUT2D eigenvalue weighted by Gasteiger charge is 2.43. The van der Waals surface area contributed by atoms with Crippen LogP contribution in [0.5, 0.6) is 0 Å². The zero-order valence-electron chi connectivity index (χ0n) is 16.0. The number of aliphatic carboxylic acids is 1. The quantitative estimate of drug-likeness (QED) is 0.748. The molecule has 1 atom stereocenters. The Morgan fingerprint density at radius 1 is 1.27 bits per heavy atom. The van der Waals surface area contributed by atoms with E-state index in [-0.39, 0.29) is 18.7 Å². The zero-order chi connectivity index (χ0) is 19.7. The smallest absolute Gasteiger partial charge is 0.410 e. The van der Waals surface area contributed by atoms with Crippen molar-refractivity contribution in [2.75, 3.05) is 32.7 Å². The third kappa shape index (κ3) is 4.36. The van der Waals surface area contributed by atoms with Gasteiger partial charge in [-0.2, -0.15) is 5.26 Å². The van der Waals surface area contributed by atoms with E-state index in [9.17, 15) is 14.7 Å². The van der Waals surface area contributed by atoms with Crippen LogP contribution < -0.4 is 0 Å². The summed E-state index contributed by atoms with van der Waals surface area (Å²) < 4.78 is 5.43. The molecule has 2 aliphatic heterocycles. The van der Waals surface area contributed by atoms with Gasteiger partial charge in [-0.05, 0) is 34.6 Å². The number of ether oxygens (including phenoxy) is 1. The second kappa shape index (κ2) is 7.02. The lowest BCUT2D eigenvalue weighted by Crippen LogP contribution is -2.54. The van der Waals surface area contributed by atoms with Gasteiger partial charge in [-0.3, -0.25) is 4.79 Å².